The van der Waals surface area contributed by atoms with Gasteiger partial charge in [0.2, 0.25) is 0 Å². The van der Waals surface area contributed by atoms with Gasteiger partial charge in [-0.3, -0.25) is 0 Å². The van der Waals surface area contributed by atoms with E-state index in [1.54, 1.807) is 6.20 Å². The zero-order valence-electron chi connectivity index (χ0n) is 10.3. The van der Waals surface area contributed by atoms with E-state index in [2.05, 4.69) is 4.98 Å². The first-order chi connectivity index (χ1) is 8.61. The number of anilines is 2. The molecule has 98 valence electrons. The van der Waals surface area contributed by atoms with E-state index in [4.69, 9.17) is 10.5 Å². The van der Waals surface area contributed by atoms with E-state index in [0.29, 0.717) is 37.2 Å². The van der Waals surface area contributed by atoms with Gasteiger partial charge in [-0.15, -0.1) is 0 Å². The second-order valence-electron chi connectivity index (χ2n) is 4.34. The maximum atomic E-state index is 11.7. The number of hydrogen-bond acceptors (Lipinski definition) is 6. The Morgan fingerprint density at radius 3 is 2.83 bits per heavy atom. The van der Waals surface area contributed by atoms with Gasteiger partial charge in [0.25, 0.3) is 0 Å². The maximum Gasteiger partial charge on any atom is 0.340 e. The summed E-state index contributed by atoms with van der Waals surface area (Å²) in [6, 6.07) is 1.52. The fourth-order valence-corrected chi connectivity index (χ4v) is 2.10. The molecule has 6 nitrogen and oxygen atoms in total. The molecule has 6 heteroatoms. The predicted octanol–water partition coefficient (Wildman–Crippen LogP) is 0.411. The average Bonchev–Trinajstić information content (AvgIpc) is 2.39. The van der Waals surface area contributed by atoms with Crippen molar-refractivity contribution in [2.75, 3.05) is 30.8 Å². The number of nitrogens with zero attached hydrogens (tertiary/aromatic N) is 2. The molecule has 1 aromatic rings. The van der Waals surface area contributed by atoms with Crippen molar-refractivity contribution in [1.29, 1.82) is 0 Å². The standard InChI is InChI=1S/C12H17N3O3/c1-18-12(17)9-6-11(13)14-7-10(9)15-4-2-8(16)3-5-15/h6-8,16H,2-5H2,1H3,(H2,13,14). The van der Waals surface area contributed by atoms with Crippen molar-refractivity contribution in [3.8, 4) is 0 Å². The second-order valence-corrected chi connectivity index (χ2v) is 4.34. The number of esters is 1. The van der Waals surface area contributed by atoms with Gasteiger partial charge in [-0.1, -0.05) is 0 Å². The summed E-state index contributed by atoms with van der Waals surface area (Å²) in [7, 11) is 1.34. The normalized spacial score (nSPS) is 16.7. The van der Waals surface area contributed by atoms with E-state index >= 15 is 0 Å². The number of piperidine rings is 1. The summed E-state index contributed by atoms with van der Waals surface area (Å²) in [4.78, 5) is 17.7. The highest BCUT2D eigenvalue weighted by molar-refractivity contribution is 5.96. The molecule has 1 saturated heterocycles. The minimum absolute atomic E-state index is 0.260. The van der Waals surface area contributed by atoms with E-state index in [9.17, 15) is 9.90 Å². The quantitative estimate of drug-likeness (QED) is 0.740. The van der Waals surface area contributed by atoms with Crippen LogP contribution in [0.15, 0.2) is 12.3 Å². The maximum absolute atomic E-state index is 11.7. The number of pyridine rings is 1. The fourth-order valence-electron chi connectivity index (χ4n) is 2.10. The molecule has 1 aliphatic rings. The van der Waals surface area contributed by atoms with E-state index in [0.717, 1.165) is 0 Å². The number of aliphatic hydroxyl groups is 1. The number of ether oxygens (including phenoxy) is 1. The number of carbonyl (C=O) groups is 1. The van der Waals surface area contributed by atoms with Crippen molar-refractivity contribution in [3.63, 3.8) is 0 Å². The molecule has 3 N–H and O–H groups in total. The van der Waals surface area contributed by atoms with Crippen LogP contribution in [0.4, 0.5) is 11.5 Å². The van der Waals surface area contributed by atoms with Crippen LogP contribution in [0.1, 0.15) is 23.2 Å². The summed E-state index contributed by atoms with van der Waals surface area (Å²) in [5, 5.41) is 9.49. The van der Waals surface area contributed by atoms with Crippen LogP contribution in [0.25, 0.3) is 0 Å². The van der Waals surface area contributed by atoms with Crippen molar-refractivity contribution in [3.05, 3.63) is 17.8 Å². The van der Waals surface area contributed by atoms with Gasteiger partial charge in [-0.2, -0.15) is 0 Å². The summed E-state index contributed by atoms with van der Waals surface area (Å²) >= 11 is 0. The van der Waals surface area contributed by atoms with E-state index < -0.39 is 5.97 Å². The molecule has 0 atom stereocenters. The summed E-state index contributed by atoms with van der Waals surface area (Å²) in [6.07, 6.45) is 2.69. The molecule has 0 aromatic carbocycles. The van der Waals surface area contributed by atoms with E-state index in [1.165, 1.54) is 13.2 Å². The van der Waals surface area contributed by atoms with Crippen LogP contribution in [0.3, 0.4) is 0 Å². The van der Waals surface area contributed by atoms with Gasteiger partial charge >= 0.3 is 5.97 Å². The second kappa shape index (κ2) is 5.22. The lowest BCUT2D eigenvalue weighted by atomic mass is 10.1. The van der Waals surface area contributed by atoms with Gasteiger partial charge in [0.1, 0.15) is 5.82 Å². The number of carbonyl (C=O) groups excluding carboxylic acids is 1. The van der Waals surface area contributed by atoms with Crippen LogP contribution in [-0.4, -0.2) is 42.4 Å². The third-order valence-electron chi connectivity index (χ3n) is 3.11. The minimum Gasteiger partial charge on any atom is -0.465 e. The third kappa shape index (κ3) is 2.53. The number of methoxy groups -OCH3 is 1. The highest BCUT2D eigenvalue weighted by Gasteiger charge is 2.22. The number of nitrogen functional groups attached to an aromatic ring is 1. The van der Waals surface area contributed by atoms with Crippen molar-refractivity contribution in [1.82, 2.24) is 4.98 Å². The highest BCUT2D eigenvalue weighted by atomic mass is 16.5. The molecule has 1 fully saturated rings. The zero-order valence-corrected chi connectivity index (χ0v) is 10.3. The molecule has 1 aliphatic heterocycles. The summed E-state index contributed by atoms with van der Waals surface area (Å²) in [5.41, 5.74) is 6.72. The largest absolute Gasteiger partial charge is 0.465 e. The lowest BCUT2D eigenvalue weighted by molar-refractivity contribution is 0.0601. The van der Waals surface area contributed by atoms with Crippen molar-refractivity contribution in [2.45, 2.75) is 18.9 Å². The van der Waals surface area contributed by atoms with Gasteiger partial charge in [0, 0.05) is 13.1 Å². The summed E-state index contributed by atoms with van der Waals surface area (Å²) < 4.78 is 4.75. The number of rotatable bonds is 2. The van der Waals surface area contributed by atoms with E-state index in [-0.39, 0.29) is 11.9 Å². The van der Waals surface area contributed by atoms with Crippen LogP contribution in [0.5, 0.6) is 0 Å². The fraction of sp³-hybridized carbons (Fsp3) is 0.500. The Labute approximate surface area is 105 Å². The lowest BCUT2D eigenvalue weighted by Crippen LogP contribution is -2.36. The highest BCUT2D eigenvalue weighted by Crippen LogP contribution is 2.25. The molecule has 0 bridgehead atoms. The van der Waals surface area contributed by atoms with Crippen LogP contribution in [0.2, 0.25) is 0 Å². The molecule has 0 radical (unpaired) electrons. The lowest BCUT2D eigenvalue weighted by Gasteiger charge is -2.32. The molecule has 1 aromatic heterocycles. The first kappa shape index (κ1) is 12.6. The smallest absolute Gasteiger partial charge is 0.340 e. The van der Waals surface area contributed by atoms with E-state index in [1.807, 2.05) is 4.90 Å². The number of nitrogens with two attached hydrogens (primary N) is 1. The van der Waals surface area contributed by atoms with Crippen molar-refractivity contribution >= 4 is 17.5 Å². The first-order valence-corrected chi connectivity index (χ1v) is 5.88. The average molecular weight is 251 g/mol. The third-order valence-corrected chi connectivity index (χ3v) is 3.11. The molecular formula is C12H17N3O3. The van der Waals surface area contributed by atoms with Crippen LogP contribution in [0, 0.1) is 0 Å². The SMILES string of the molecule is COC(=O)c1cc(N)ncc1N1CCC(O)CC1. The molecule has 2 rings (SSSR count). The number of aromatic nitrogens is 1. The van der Waals surface area contributed by atoms with Gasteiger partial charge in [-0.25, -0.2) is 9.78 Å². The molecule has 0 amide bonds. The molecule has 0 unspecified atom stereocenters. The topological polar surface area (TPSA) is 88.7 Å². The Kier molecular flexibility index (Phi) is 3.66. The Balaban J connectivity index is 2.29. The molecule has 18 heavy (non-hydrogen) atoms. The molecule has 0 aliphatic carbocycles. The number of aliphatic hydroxyl groups excluding tert-OH is 1. The monoisotopic (exact) mass is 251 g/mol. The van der Waals surface area contributed by atoms with Gasteiger partial charge in [0.15, 0.2) is 0 Å². The Morgan fingerprint density at radius 1 is 1.56 bits per heavy atom. The van der Waals surface area contributed by atoms with Gasteiger partial charge in [-0.05, 0) is 18.9 Å². The van der Waals surface area contributed by atoms with Crippen molar-refractivity contribution < 1.29 is 14.6 Å². The molecular weight excluding hydrogens is 234 g/mol. The van der Waals surface area contributed by atoms with Crippen LogP contribution in [-0.2, 0) is 4.74 Å². The molecule has 0 spiro atoms. The predicted molar refractivity (Wildman–Crippen MR) is 67.4 cm³/mol. The number of hydrogen-bond donors (Lipinski definition) is 2. The van der Waals surface area contributed by atoms with Crippen LogP contribution >= 0.6 is 0 Å². The summed E-state index contributed by atoms with van der Waals surface area (Å²) in [6.45, 7) is 1.38. The Bertz CT molecular complexity index is 442. The first-order valence-electron chi connectivity index (χ1n) is 5.88. The van der Waals surface area contributed by atoms with Gasteiger partial charge < -0.3 is 20.5 Å². The zero-order chi connectivity index (χ0) is 13.1. The van der Waals surface area contributed by atoms with Gasteiger partial charge in [0.05, 0.1) is 30.7 Å². The Morgan fingerprint density at radius 2 is 2.22 bits per heavy atom. The van der Waals surface area contributed by atoms with Crippen LogP contribution < -0.4 is 10.6 Å². The Hall–Kier alpha value is -1.82. The van der Waals surface area contributed by atoms with Crippen molar-refractivity contribution in [2.24, 2.45) is 0 Å². The molecule has 2 heterocycles. The minimum atomic E-state index is -0.426. The molecule has 0 saturated carbocycles. The summed E-state index contributed by atoms with van der Waals surface area (Å²) in [5.74, 6) is -0.138.